The molecule has 0 fully saturated rings. The Kier molecular flexibility index (Phi) is 4.50. The normalized spacial score (nSPS) is 15.1. The van der Waals surface area contributed by atoms with E-state index < -0.39 is 0 Å². The third-order valence-corrected chi connectivity index (χ3v) is 9.16. The van der Waals surface area contributed by atoms with Crippen molar-refractivity contribution >= 4 is 60.6 Å². The molecule has 0 spiro atoms. The lowest BCUT2D eigenvalue weighted by Gasteiger charge is -2.14. The highest BCUT2D eigenvalue weighted by Crippen LogP contribution is 2.48. The fourth-order valence-electron chi connectivity index (χ4n) is 4.18. The number of fused-ring (bicyclic) bond motifs is 3. The van der Waals surface area contributed by atoms with Crippen LogP contribution in [0.4, 0.5) is 5.69 Å². The number of hydrogen-bond acceptors (Lipinski definition) is 6. The predicted octanol–water partition coefficient (Wildman–Crippen LogP) is 8.46. The molecule has 1 N–H and O–H groups in total. The van der Waals surface area contributed by atoms with Gasteiger partial charge in [-0.25, -0.2) is 9.97 Å². The Morgan fingerprint density at radius 3 is 1.82 bits per heavy atom. The SMILES string of the molecule is c1ccc2c(c1)NC(c1cc(-c3nc4ccccc4s3)cc(-c3nc4ccccc4s3)c1)S2. The van der Waals surface area contributed by atoms with Crippen LogP contribution in [-0.2, 0) is 0 Å². The van der Waals surface area contributed by atoms with E-state index in [2.05, 4.69) is 84.2 Å². The molecule has 0 radical (unpaired) electrons. The Bertz CT molecular complexity index is 1470. The van der Waals surface area contributed by atoms with Crippen molar-refractivity contribution in [1.82, 2.24) is 9.97 Å². The minimum atomic E-state index is 0.157. The smallest absolute Gasteiger partial charge is 0.124 e. The lowest BCUT2D eigenvalue weighted by atomic mass is 10.1. The molecule has 158 valence electrons. The van der Waals surface area contributed by atoms with Gasteiger partial charge in [0.2, 0.25) is 0 Å². The molecule has 1 unspecified atom stereocenters. The molecule has 6 aromatic rings. The lowest BCUT2D eigenvalue weighted by molar-refractivity contribution is 1.13. The number of para-hydroxylation sites is 3. The largest absolute Gasteiger partial charge is 0.368 e. The van der Waals surface area contributed by atoms with Crippen LogP contribution in [0.25, 0.3) is 41.6 Å². The summed E-state index contributed by atoms with van der Waals surface area (Å²) in [7, 11) is 0. The summed E-state index contributed by atoms with van der Waals surface area (Å²) < 4.78 is 2.42. The topological polar surface area (TPSA) is 37.8 Å². The molecule has 3 heterocycles. The maximum Gasteiger partial charge on any atom is 0.124 e. The average Bonchev–Trinajstić information content (AvgIpc) is 3.59. The first kappa shape index (κ1) is 19.3. The number of thioether (sulfide) groups is 1. The molecule has 1 aliphatic heterocycles. The number of nitrogens with zero attached hydrogens (tertiary/aromatic N) is 2. The molecular weight excluding hydrogens is 463 g/mol. The molecule has 1 atom stereocenters. The zero-order valence-electron chi connectivity index (χ0n) is 17.4. The molecule has 1 aliphatic rings. The van der Waals surface area contributed by atoms with Crippen LogP contribution in [0.5, 0.6) is 0 Å². The number of rotatable bonds is 3. The van der Waals surface area contributed by atoms with Gasteiger partial charge < -0.3 is 5.32 Å². The van der Waals surface area contributed by atoms with E-state index in [1.54, 1.807) is 22.7 Å². The van der Waals surface area contributed by atoms with E-state index in [4.69, 9.17) is 9.97 Å². The van der Waals surface area contributed by atoms with Crippen LogP contribution in [0, 0.1) is 0 Å². The van der Waals surface area contributed by atoms with Crippen molar-refractivity contribution in [1.29, 1.82) is 0 Å². The van der Waals surface area contributed by atoms with Gasteiger partial charge in [-0.3, -0.25) is 0 Å². The zero-order valence-corrected chi connectivity index (χ0v) is 19.8. The van der Waals surface area contributed by atoms with Gasteiger partial charge in [0.15, 0.2) is 0 Å². The monoisotopic (exact) mass is 479 g/mol. The summed E-state index contributed by atoms with van der Waals surface area (Å²) in [5, 5.41) is 5.93. The minimum Gasteiger partial charge on any atom is -0.368 e. The fourth-order valence-corrected chi connectivity index (χ4v) is 7.21. The highest BCUT2D eigenvalue weighted by Gasteiger charge is 2.24. The van der Waals surface area contributed by atoms with Crippen molar-refractivity contribution in [2.75, 3.05) is 5.32 Å². The van der Waals surface area contributed by atoms with Gasteiger partial charge >= 0.3 is 0 Å². The van der Waals surface area contributed by atoms with E-state index in [9.17, 15) is 0 Å². The van der Waals surface area contributed by atoms with Gasteiger partial charge in [-0.2, -0.15) is 0 Å². The molecule has 0 amide bonds. The van der Waals surface area contributed by atoms with E-state index in [0.717, 1.165) is 32.2 Å². The number of thiazole rings is 2. The Balaban J connectivity index is 1.39. The highest BCUT2D eigenvalue weighted by molar-refractivity contribution is 8.00. The molecule has 2 aromatic heterocycles. The van der Waals surface area contributed by atoms with Crippen LogP contribution in [0.1, 0.15) is 10.9 Å². The first-order chi connectivity index (χ1) is 16.3. The molecule has 3 nitrogen and oxygen atoms in total. The Labute approximate surface area is 203 Å². The van der Waals surface area contributed by atoms with Gasteiger partial charge in [-0.05, 0) is 60.2 Å². The summed E-state index contributed by atoms with van der Waals surface area (Å²) in [6.45, 7) is 0. The summed E-state index contributed by atoms with van der Waals surface area (Å²) in [6.07, 6.45) is 0. The van der Waals surface area contributed by atoms with Gasteiger partial charge in [-0.1, -0.05) is 48.2 Å². The molecule has 0 aliphatic carbocycles. The highest BCUT2D eigenvalue weighted by atomic mass is 32.2. The first-order valence-corrected chi connectivity index (χ1v) is 13.2. The van der Waals surface area contributed by atoms with Crippen LogP contribution in [0.15, 0.2) is 95.9 Å². The van der Waals surface area contributed by atoms with E-state index in [0.29, 0.717) is 0 Å². The molecule has 6 heteroatoms. The molecule has 0 saturated heterocycles. The van der Waals surface area contributed by atoms with E-state index in [1.807, 2.05) is 23.9 Å². The number of hydrogen-bond donors (Lipinski definition) is 1. The van der Waals surface area contributed by atoms with Crippen LogP contribution in [0.2, 0.25) is 0 Å². The number of anilines is 1. The molecule has 33 heavy (non-hydrogen) atoms. The summed E-state index contributed by atoms with van der Waals surface area (Å²) in [4.78, 5) is 11.2. The Morgan fingerprint density at radius 2 is 1.21 bits per heavy atom. The molecule has 0 saturated carbocycles. The van der Waals surface area contributed by atoms with Crippen molar-refractivity contribution in [3.8, 4) is 21.1 Å². The third kappa shape index (κ3) is 3.42. The maximum atomic E-state index is 4.94. The number of nitrogens with one attached hydrogen (secondary N) is 1. The zero-order chi connectivity index (χ0) is 21.8. The molecule has 7 rings (SSSR count). The van der Waals surface area contributed by atoms with Crippen LogP contribution in [-0.4, -0.2) is 9.97 Å². The van der Waals surface area contributed by atoms with Gasteiger partial charge in [0.1, 0.15) is 15.4 Å². The molecule has 4 aromatic carbocycles. The van der Waals surface area contributed by atoms with E-state index in [-0.39, 0.29) is 5.37 Å². The second kappa shape index (κ2) is 7.70. The van der Waals surface area contributed by atoms with Gasteiger partial charge in [0, 0.05) is 21.7 Å². The lowest BCUT2D eigenvalue weighted by Crippen LogP contribution is -2.02. The number of aromatic nitrogens is 2. The second-order valence-corrected chi connectivity index (χ2v) is 11.2. The second-order valence-electron chi connectivity index (χ2n) is 7.96. The summed E-state index contributed by atoms with van der Waals surface area (Å²) in [6, 6.07) is 32.0. The van der Waals surface area contributed by atoms with Gasteiger partial charge in [0.05, 0.1) is 20.4 Å². The predicted molar refractivity (Wildman–Crippen MR) is 142 cm³/mol. The average molecular weight is 480 g/mol. The maximum absolute atomic E-state index is 4.94. The van der Waals surface area contributed by atoms with Crippen molar-refractivity contribution in [2.45, 2.75) is 10.3 Å². The van der Waals surface area contributed by atoms with Gasteiger partial charge in [-0.15, -0.1) is 22.7 Å². The third-order valence-electron chi connectivity index (χ3n) is 5.76. The van der Waals surface area contributed by atoms with E-state index in [1.165, 1.54) is 25.5 Å². The summed E-state index contributed by atoms with van der Waals surface area (Å²) in [5.74, 6) is 0. The standard InChI is InChI=1S/C27H17N3S3/c1-4-10-22-19(7-1)28-25(31-22)16-13-17(26-29-20-8-2-5-11-23(20)32-26)15-18(14-16)27-30-21-9-3-6-12-24(21)33-27/h1-15,25,28H. The van der Waals surface area contributed by atoms with E-state index >= 15 is 0 Å². The molecule has 0 bridgehead atoms. The quantitative estimate of drug-likeness (QED) is 0.276. The minimum absolute atomic E-state index is 0.157. The Morgan fingerprint density at radius 1 is 0.636 bits per heavy atom. The van der Waals surface area contributed by atoms with Crippen LogP contribution in [0.3, 0.4) is 0 Å². The number of benzene rings is 4. The van der Waals surface area contributed by atoms with Crippen LogP contribution >= 0.6 is 34.4 Å². The first-order valence-electron chi connectivity index (χ1n) is 10.7. The van der Waals surface area contributed by atoms with Crippen LogP contribution < -0.4 is 5.32 Å². The Hall–Kier alpha value is -3.19. The van der Waals surface area contributed by atoms with Gasteiger partial charge in [0.25, 0.3) is 0 Å². The fraction of sp³-hybridized carbons (Fsp3) is 0.0370. The van der Waals surface area contributed by atoms with Crippen molar-refractivity contribution in [3.63, 3.8) is 0 Å². The summed E-state index contributed by atoms with van der Waals surface area (Å²) in [5.41, 5.74) is 6.81. The van der Waals surface area contributed by atoms with Crippen molar-refractivity contribution in [3.05, 3.63) is 96.6 Å². The summed E-state index contributed by atoms with van der Waals surface area (Å²) >= 11 is 5.35. The van der Waals surface area contributed by atoms with Crippen molar-refractivity contribution in [2.24, 2.45) is 0 Å². The van der Waals surface area contributed by atoms with Crippen molar-refractivity contribution < 1.29 is 0 Å². The molecular formula is C27H17N3S3.